The molecule has 0 unspecified atom stereocenters. The maximum absolute atomic E-state index is 11.4. The van der Waals surface area contributed by atoms with E-state index in [0.29, 0.717) is 11.4 Å². The van der Waals surface area contributed by atoms with Gasteiger partial charge in [-0.15, -0.1) is 0 Å². The minimum atomic E-state index is -1.09. The van der Waals surface area contributed by atoms with Crippen LogP contribution in [0.3, 0.4) is 0 Å². The average molecular weight is 333 g/mol. The fourth-order valence-electron chi connectivity index (χ4n) is 1.87. The van der Waals surface area contributed by atoms with Crippen LogP contribution in [0.4, 0.5) is 0 Å². The number of fused-ring (bicyclic) bond motifs is 1. The van der Waals surface area contributed by atoms with Gasteiger partial charge in [-0.2, -0.15) is 4.98 Å². The van der Waals surface area contributed by atoms with Crippen molar-refractivity contribution in [2.45, 2.75) is 0 Å². The molecule has 5 nitrogen and oxygen atoms in total. The summed E-state index contributed by atoms with van der Waals surface area (Å²) in [7, 11) is 0. The minimum absolute atomic E-state index is 0.00338. The van der Waals surface area contributed by atoms with E-state index in [1.165, 1.54) is 4.40 Å². The Bertz CT molecular complexity index is 798. The molecule has 0 saturated carbocycles. The molecule has 3 aromatic rings. The molecule has 20 heavy (non-hydrogen) atoms. The summed E-state index contributed by atoms with van der Waals surface area (Å²) in [5.74, 6) is -0.514. The molecule has 0 radical (unpaired) electrons. The standard InChI is InChI=1S/C14H9BrN2O3/c15-9-5-1-2-6-10(9)20-13-12(14(18)19)17-8-4-3-7-11(17)16-13/h1-8H,(H,18,19). The summed E-state index contributed by atoms with van der Waals surface area (Å²) in [5.41, 5.74) is 0.517. The molecule has 2 heterocycles. The Balaban J connectivity index is 2.14. The van der Waals surface area contributed by atoms with Crippen LogP contribution >= 0.6 is 15.9 Å². The number of pyridine rings is 1. The molecule has 1 N–H and O–H groups in total. The van der Waals surface area contributed by atoms with Gasteiger partial charge in [-0.05, 0) is 40.2 Å². The molecule has 0 spiro atoms. The van der Waals surface area contributed by atoms with Crippen molar-refractivity contribution in [3.8, 4) is 11.6 Å². The second kappa shape index (κ2) is 4.97. The molecule has 3 rings (SSSR count). The van der Waals surface area contributed by atoms with Crippen LogP contribution in [0.15, 0.2) is 53.1 Å². The van der Waals surface area contributed by atoms with Gasteiger partial charge >= 0.3 is 5.97 Å². The van der Waals surface area contributed by atoms with Gasteiger partial charge in [0.2, 0.25) is 0 Å². The normalized spacial score (nSPS) is 10.7. The van der Waals surface area contributed by atoms with Crippen LogP contribution in [0.5, 0.6) is 11.6 Å². The fourth-order valence-corrected chi connectivity index (χ4v) is 2.24. The Kier molecular flexibility index (Phi) is 3.15. The lowest BCUT2D eigenvalue weighted by atomic mass is 10.3. The van der Waals surface area contributed by atoms with E-state index in [9.17, 15) is 9.90 Å². The topological polar surface area (TPSA) is 63.8 Å². The quantitative estimate of drug-likeness (QED) is 0.796. The van der Waals surface area contributed by atoms with E-state index in [1.807, 2.05) is 12.1 Å². The van der Waals surface area contributed by atoms with Gasteiger partial charge in [0, 0.05) is 6.20 Å². The molecule has 0 amide bonds. The highest BCUT2D eigenvalue weighted by Crippen LogP contribution is 2.31. The number of ether oxygens (including phenoxy) is 1. The highest BCUT2D eigenvalue weighted by molar-refractivity contribution is 9.10. The van der Waals surface area contributed by atoms with Gasteiger partial charge in [0.05, 0.1) is 4.47 Å². The number of para-hydroxylation sites is 1. The zero-order chi connectivity index (χ0) is 14.1. The first kappa shape index (κ1) is 12.7. The van der Waals surface area contributed by atoms with Crippen LogP contribution in [0.2, 0.25) is 0 Å². The van der Waals surface area contributed by atoms with Crippen LogP contribution in [-0.4, -0.2) is 20.5 Å². The third-order valence-corrected chi connectivity index (χ3v) is 3.40. The molecule has 100 valence electrons. The van der Waals surface area contributed by atoms with Crippen LogP contribution in [-0.2, 0) is 0 Å². The summed E-state index contributed by atoms with van der Waals surface area (Å²) in [6.45, 7) is 0. The molecule has 0 fully saturated rings. The van der Waals surface area contributed by atoms with Crippen molar-refractivity contribution < 1.29 is 14.6 Å². The number of aromatic nitrogens is 2. The van der Waals surface area contributed by atoms with Crippen LogP contribution in [0, 0.1) is 0 Å². The molecule has 2 aromatic heterocycles. The smallest absolute Gasteiger partial charge is 0.358 e. The molecule has 0 aliphatic rings. The lowest BCUT2D eigenvalue weighted by Gasteiger charge is -2.05. The maximum Gasteiger partial charge on any atom is 0.358 e. The molecule has 1 aromatic carbocycles. The van der Waals surface area contributed by atoms with Gasteiger partial charge in [-0.3, -0.25) is 4.40 Å². The Morgan fingerprint density at radius 3 is 2.70 bits per heavy atom. The number of hydrogen-bond donors (Lipinski definition) is 1. The molecule has 0 bridgehead atoms. The summed E-state index contributed by atoms with van der Waals surface area (Å²) in [6.07, 6.45) is 1.64. The van der Waals surface area contributed by atoms with E-state index in [1.54, 1.807) is 36.5 Å². The molecular formula is C14H9BrN2O3. The van der Waals surface area contributed by atoms with Crippen molar-refractivity contribution in [3.63, 3.8) is 0 Å². The number of imidazole rings is 1. The number of rotatable bonds is 3. The predicted molar refractivity (Wildman–Crippen MR) is 76.4 cm³/mol. The van der Waals surface area contributed by atoms with E-state index >= 15 is 0 Å². The van der Waals surface area contributed by atoms with Crippen molar-refractivity contribution in [1.29, 1.82) is 0 Å². The highest BCUT2D eigenvalue weighted by atomic mass is 79.9. The Labute approximate surface area is 122 Å². The summed E-state index contributed by atoms with van der Waals surface area (Å²) >= 11 is 3.35. The summed E-state index contributed by atoms with van der Waals surface area (Å²) in [4.78, 5) is 15.6. The second-order valence-corrected chi connectivity index (χ2v) is 4.89. The largest absolute Gasteiger partial charge is 0.476 e. The number of carboxylic acid groups (broad SMARTS) is 1. The van der Waals surface area contributed by atoms with E-state index < -0.39 is 5.97 Å². The number of benzene rings is 1. The van der Waals surface area contributed by atoms with Crippen molar-refractivity contribution in [2.24, 2.45) is 0 Å². The average Bonchev–Trinajstić information content (AvgIpc) is 2.79. The van der Waals surface area contributed by atoms with E-state index in [4.69, 9.17) is 4.74 Å². The fraction of sp³-hybridized carbons (Fsp3) is 0. The summed E-state index contributed by atoms with van der Waals surface area (Å²) in [5, 5.41) is 9.35. The monoisotopic (exact) mass is 332 g/mol. The first-order valence-electron chi connectivity index (χ1n) is 5.79. The van der Waals surface area contributed by atoms with Gasteiger partial charge in [0.25, 0.3) is 5.88 Å². The van der Waals surface area contributed by atoms with Crippen molar-refractivity contribution in [1.82, 2.24) is 9.38 Å². The van der Waals surface area contributed by atoms with Gasteiger partial charge < -0.3 is 9.84 Å². The van der Waals surface area contributed by atoms with Gasteiger partial charge in [0.1, 0.15) is 11.4 Å². The molecule has 0 atom stereocenters. The lowest BCUT2D eigenvalue weighted by Crippen LogP contribution is -2.03. The third kappa shape index (κ3) is 2.14. The third-order valence-electron chi connectivity index (χ3n) is 2.74. The second-order valence-electron chi connectivity index (χ2n) is 4.03. The van der Waals surface area contributed by atoms with Crippen LogP contribution in [0.1, 0.15) is 10.5 Å². The van der Waals surface area contributed by atoms with Gasteiger partial charge in [-0.1, -0.05) is 18.2 Å². The van der Waals surface area contributed by atoms with Crippen molar-refractivity contribution in [2.75, 3.05) is 0 Å². The van der Waals surface area contributed by atoms with E-state index in [-0.39, 0.29) is 11.6 Å². The number of carboxylic acids is 1. The van der Waals surface area contributed by atoms with Crippen LogP contribution in [0.25, 0.3) is 5.65 Å². The number of nitrogens with zero attached hydrogens (tertiary/aromatic N) is 2. The van der Waals surface area contributed by atoms with Crippen molar-refractivity contribution in [3.05, 3.63) is 58.8 Å². The molecule has 6 heteroatoms. The predicted octanol–water partition coefficient (Wildman–Crippen LogP) is 3.59. The van der Waals surface area contributed by atoms with Gasteiger partial charge in [0.15, 0.2) is 5.69 Å². The Morgan fingerprint density at radius 2 is 1.95 bits per heavy atom. The molecule has 0 saturated heterocycles. The zero-order valence-electron chi connectivity index (χ0n) is 10.2. The Morgan fingerprint density at radius 1 is 1.20 bits per heavy atom. The van der Waals surface area contributed by atoms with Crippen molar-refractivity contribution >= 4 is 27.5 Å². The zero-order valence-corrected chi connectivity index (χ0v) is 11.7. The first-order chi connectivity index (χ1) is 9.66. The lowest BCUT2D eigenvalue weighted by molar-refractivity contribution is 0.0686. The number of hydrogen-bond acceptors (Lipinski definition) is 3. The highest BCUT2D eigenvalue weighted by Gasteiger charge is 2.20. The molecular weight excluding hydrogens is 324 g/mol. The summed E-state index contributed by atoms with van der Waals surface area (Å²) in [6, 6.07) is 12.4. The molecule has 0 aliphatic heterocycles. The number of carbonyl (C=O) groups is 1. The maximum atomic E-state index is 11.4. The van der Waals surface area contributed by atoms with E-state index in [0.717, 1.165) is 4.47 Å². The Hall–Kier alpha value is -2.34. The van der Waals surface area contributed by atoms with Gasteiger partial charge in [-0.25, -0.2) is 4.79 Å². The molecule has 0 aliphatic carbocycles. The minimum Gasteiger partial charge on any atom is -0.476 e. The number of halogens is 1. The SMILES string of the molecule is O=C(O)c1c(Oc2ccccc2Br)nc2ccccn12. The number of aromatic carboxylic acids is 1. The van der Waals surface area contributed by atoms with Crippen LogP contribution < -0.4 is 4.74 Å². The first-order valence-corrected chi connectivity index (χ1v) is 6.59. The van der Waals surface area contributed by atoms with E-state index in [2.05, 4.69) is 20.9 Å². The summed E-state index contributed by atoms with van der Waals surface area (Å²) < 4.78 is 7.84.